The van der Waals surface area contributed by atoms with E-state index in [1.54, 1.807) is 0 Å². The molecule has 1 aliphatic heterocycles. The average molecular weight is 390 g/mol. The van der Waals surface area contributed by atoms with E-state index >= 15 is 0 Å². The van der Waals surface area contributed by atoms with Crippen LogP contribution >= 0.6 is 0 Å². The fourth-order valence-electron chi connectivity index (χ4n) is 3.59. The number of rotatable bonds is 10. The van der Waals surface area contributed by atoms with Crippen molar-refractivity contribution in [3.05, 3.63) is 35.4 Å². The minimum absolute atomic E-state index is 0.479. The number of nitrogens with zero attached hydrogens (tertiary/aromatic N) is 3. The van der Waals surface area contributed by atoms with Crippen molar-refractivity contribution in [3.63, 3.8) is 0 Å². The Bertz CT molecular complexity index is 582. The average Bonchev–Trinajstić information content (AvgIpc) is 2.72. The molecule has 1 atom stereocenters. The van der Waals surface area contributed by atoms with E-state index in [0.29, 0.717) is 12.6 Å². The lowest BCUT2D eigenvalue weighted by Gasteiger charge is -2.27. The molecule has 158 valence electrons. The zero-order chi connectivity index (χ0) is 20.2. The third-order valence-electron chi connectivity index (χ3n) is 5.37. The van der Waals surface area contributed by atoms with E-state index in [1.165, 1.54) is 11.1 Å². The molecule has 0 radical (unpaired) electrons. The van der Waals surface area contributed by atoms with Gasteiger partial charge in [0.1, 0.15) is 0 Å². The third-order valence-corrected chi connectivity index (χ3v) is 5.37. The van der Waals surface area contributed by atoms with Gasteiger partial charge in [-0.1, -0.05) is 38.1 Å². The minimum Gasteiger partial charge on any atom is -0.379 e. The highest BCUT2D eigenvalue weighted by molar-refractivity contribution is 5.79. The smallest absolute Gasteiger partial charge is 0.191 e. The highest BCUT2D eigenvalue weighted by Gasteiger charge is 2.13. The normalized spacial score (nSPS) is 17.0. The van der Waals surface area contributed by atoms with Crippen molar-refractivity contribution in [2.24, 2.45) is 4.99 Å². The van der Waals surface area contributed by atoms with Crippen molar-refractivity contribution in [1.29, 1.82) is 0 Å². The molecule has 1 aromatic rings. The van der Waals surface area contributed by atoms with Crippen molar-refractivity contribution >= 4 is 5.96 Å². The summed E-state index contributed by atoms with van der Waals surface area (Å²) in [4.78, 5) is 9.77. The van der Waals surface area contributed by atoms with Gasteiger partial charge in [-0.05, 0) is 38.1 Å². The van der Waals surface area contributed by atoms with E-state index in [-0.39, 0.29) is 0 Å². The van der Waals surface area contributed by atoms with Crippen LogP contribution in [0.25, 0.3) is 0 Å². The lowest BCUT2D eigenvalue weighted by atomic mass is 10.1. The fraction of sp³-hybridized carbons (Fsp3) is 0.682. The number of benzene rings is 1. The van der Waals surface area contributed by atoms with Gasteiger partial charge in [-0.15, -0.1) is 0 Å². The molecule has 0 bridgehead atoms. The summed E-state index contributed by atoms with van der Waals surface area (Å²) in [6, 6.07) is 9.13. The first-order valence-corrected chi connectivity index (χ1v) is 10.8. The van der Waals surface area contributed by atoms with Crippen LogP contribution in [0.15, 0.2) is 29.3 Å². The number of ether oxygens (including phenoxy) is 1. The van der Waals surface area contributed by atoms with Gasteiger partial charge >= 0.3 is 0 Å². The quantitative estimate of drug-likeness (QED) is 0.475. The number of morpholine rings is 1. The van der Waals surface area contributed by atoms with Crippen molar-refractivity contribution in [2.75, 3.05) is 52.5 Å². The molecule has 1 aromatic carbocycles. The van der Waals surface area contributed by atoms with E-state index in [2.05, 4.69) is 72.4 Å². The Labute approximate surface area is 171 Å². The van der Waals surface area contributed by atoms with Crippen LogP contribution in [0.2, 0.25) is 0 Å². The second-order valence-corrected chi connectivity index (χ2v) is 7.30. The Kier molecular flexibility index (Phi) is 10.3. The number of guanidine groups is 1. The van der Waals surface area contributed by atoms with Crippen LogP contribution in [0.3, 0.4) is 0 Å². The molecule has 0 spiro atoms. The van der Waals surface area contributed by atoms with Gasteiger partial charge in [0.25, 0.3) is 0 Å². The van der Waals surface area contributed by atoms with Gasteiger partial charge in [0.2, 0.25) is 0 Å². The van der Waals surface area contributed by atoms with Crippen LogP contribution < -0.4 is 10.6 Å². The molecule has 1 unspecified atom stereocenters. The van der Waals surface area contributed by atoms with Gasteiger partial charge in [-0.3, -0.25) is 9.80 Å². The summed E-state index contributed by atoms with van der Waals surface area (Å²) in [5.41, 5.74) is 2.66. The Hall–Kier alpha value is -1.63. The first kappa shape index (κ1) is 22.7. The topological polar surface area (TPSA) is 52.1 Å². The second-order valence-electron chi connectivity index (χ2n) is 7.30. The molecule has 0 aliphatic carbocycles. The molecule has 0 amide bonds. The van der Waals surface area contributed by atoms with E-state index in [4.69, 9.17) is 9.73 Å². The highest BCUT2D eigenvalue weighted by atomic mass is 16.5. The van der Waals surface area contributed by atoms with Gasteiger partial charge in [-0.25, -0.2) is 4.99 Å². The Morgan fingerprint density at radius 2 is 1.79 bits per heavy atom. The second kappa shape index (κ2) is 12.8. The maximum atomic E-state index is 5.47. The lowest BCUT2D eigenvalue weighted by Crippen LogP contribution is -2.46. The summed E-state index contributed by atoms with van der Waals surface area (Å²) >= 11 is 0. The highest BCUT2D eigenvalue weighted by Crippen LogP contribution is 2.14. The van der Waals surface area contributed by atoms with Crippen molar-refractivity contribution in [2.45, 2.75) is 46.8 Å². The first-order valence-electron chi connectivity index (χ1n) is 10.8. The molecule has 2 rings (SSSR count). The van der Waals surface area contributed by atoms with E-state index < -0.39 is 0 Å². The standard InChI is InChI=1S/C22H39N5O/c1-5-23-22(24-16-19(4)27(6-2)7-3)25-17-20-10-8-9-11-21(20)18-26-12-14-28-15-13-26/h8-11,19H,5-7,12-18H2,1-4H3,(H2,23,24,25). The van der Waals surface area contributed by atoms with Crippen LogP contribution in [0, 0.1) is 0 Å². The summed E-state index contributed by atoms with van der Waals surface area (Å²) in [5, 5.41) is 6.89. The molecular weight excluding hydrogens is 350 g/mol. The molecule has 1 saturated heterocycles. The Morgan fingerprint density at radius 3 is 2.43 bits per heavy atom. The van der Waals surface area contributed by atoms with Gasteiger partial charge < -0.3 is 15.4 Å². The summed E-state index contributed by atoms with van der Waals surface area (Å²) in [7, 11) is 0. The molecular formula is C22H39N5O. The largest absolute Gasteiger partial charge is 0.379 e. The van der Waals surface area contributed by atoms with Crippen molar-refractivity contribution in [3.8, 4) is 0 Å². The predicted molar refractivity (Wildman–Crippen MR) is 118 cm³/mol. The monoisotopic (exact) mass is 389 g/mol. The van der Waals surface area contributed by atoms with Crippen molar-refractivity contribution in [1.82, 2.24) is 20.4 Å². The van der Waals surface area contributed by atoms with E-state index in [1.807, 2.05) is 0 Å². The molecule has 1 heterocycles. The van der Waals surface area contributed by atoms with Gasteiger partial charge in [0.15, 0.2) is 5.96 Å². The third kappa shape index (κ3) is 7.41. The summed E-state index contributed by atoms with van der Waals surface area (Å²) in [6.45, 7) is 18.0. The number of aliphatic imine (C=N–C) groups is 1. The zero-order valence-electron chi connectivity index (χ0n) is 18.2. The molecule has 28 heavy (non-hydrogen) atoms. The molecule has 2 N–H and O–H groups in total. The van der Waals surface area contributed by atoms with E-state index in [0.717, 1.165) is 65.0 Å². The van der Waals surface area contributed by atoms with Gasteiger partial charge in [0, 0.05) is 38.8 Å². The number of nitrogens with one attached hydrogen (secondary N) is 2. The van der Waals surface area contributed by atoms with Crippen LogP contribution in [-0.4, -0.2) is 74.3 Å². The van der Waals surface area contributed by atoms with Crippen LogP contribution in [0.1, 0.15) is 38.8 Å². The Morgan fingerprint density at radius 1 is 1.11 bits per heavy atom. The fourth-order valence-corrected chi connectivity index (χ4v) is 3.59. The van der Waals surface area contributed by atoms with Gasteiger partial charge in [-0.2, -0.15) is 0 Å². The maximum absolute atomic E-state index is 5.47. The predicted octanol–water partition coefficient (Wildman–Crippen LogP) is 2.30. The minimum atomic E-state index is 0.479. The molecule has 6 nitrogen and oxygen atoms in total. The van der Waals surface area contributed by atoms with E-state index in [9.17, 15) is 0 Å². The number of hydrogen-bond acceptors (Lipinski definition) is 4. The SMILES string of the molecule is CCNC(=NCc1ccccc1CN1CCOCC1)NCC(C)N(CC)CC. The molecule has 0 aromatic heterocycles. The molecule has 6 heteroatoms. The van der Waals surface area contributed by atoms with Crippen LogP contribution in [-0.2, 0) is 17.8 Å². The molecule has 1 aliphatic rings. The summed E-state index contributed by atoms with van der Waals surface area (Å²) < 4.78 is 5.47. The number of hydrogen-bond donors (Lipinski definition) is 2. The number of likely N-dealkylation sites (N-methyl/N-ethyl adjacent to an activating group) is 1. The summed E-state index contributed by atoms with van der Waals surface area (Å²) in [5.74, 6) is 0.891. The Balaban J connectivity index is 1.97. The molecule has 1 fully saturated rings. The van der Waals surface area contributed by atoms with Crippen molar-refractivity contribution < 1.29 is 4.74 Å². The lowest BCUT2D eigenvalue weighted by molar-refractivity contribution is 0.0341. The molecule has 0 saturated carbocycles. The van der Waals surface area contributed by atoms with Gasteiger partial charge in [0.05, 0.1) is 19.8 Å². The van der Waals surface area contributed by atoms with Crippen LogP contribution in [0.5, 0.6) is 0 Å². The van der Waals surface area contributed by atoms with Crippen LogP contribution in [0.4, 0.5) is 0 Å². The first-order chi connectivity index (χ1) is 13.7. The zero-order valence-corrected chi connectivity index (χ0v) is 18.2. The summed E-state index contributed by atoms with van der Waals surface area (Å²) in [6.07, 6.45) is 0. The maximum Gasteiger partial charge on any atom is 0.191 e.